The predicted molar refractivity (Wildman–Crippen MR) is 67.8 cm³/mol. The van der Waals surface area contributed by atoms with E-state index >= 15 is 0 Å². The van der Waals surface area contributed by atoms with Gasteiger partial charge in [0.1, 0.15) is 0 Å². The summed E-state index contributed by atoms with van der Waals surface area (Å²) in [4.78, 5) is 3.93. The summed E-state index contributed by atoms with van der Waals surface area (Å²) in [6, 6.07) is 8.71. The van der Waals surface area contributed by atoms with Crippen LogP contribution in [0.4, 0.5) is 5.69 Å². The Morgan fingerprint density at radius 3 is 3.07 bits per heavy atom. The summed E-state index contributed by atoms with van der Waals surface area (Å²) in [7, 11) is 0. The van der Waals surface area contributed by atoms with Crippen molar-refractivity contribution >= 4 is 33.4 Å². The van der Waals surface area contributed by atoms with E-state index in [0.717, 1.165) is 5.33 Å². The number of thioether (sulfide) groups is 1. The molecule has 0 fully saturated rings. The van der Waals surface area contributed by atoms with Crippen molar-refractivity contribution in [3.05, 3.63) is 24.3 Å². The number of benzene rings is 1. The highest BCUT2D eigenvalue weighted by Gasteiger charge is 2.15. The second-order valence-electron chi connectivity index (χ2n) is 3.35. The van der Waals surface area contributed by atoms with E-state index in [1.165, 1.54) is 35.8 Å². The second kappa shape index (κ2) is 5.08. The van der Waals surface area contributed by atoms with Crippen LogP contribution in [-0.4, -0.2) is 24.2 Å². The van der Waals surface area contributed by atoms with E-state index in [0.29, 0.717) is 0 Å². The van der Waals surface area contributed by atoms with E-state index in [1.807, 2.05) is 11.8 Å². The molecule has 1 aromatic rings. The first-order valence-corrected chi connectivity index (χ1v) is 7.05. The van der Waals surface area contributed by atoms with Crippen molar-refractivity contribution in [2.24, 2.45) is 0 Å². The van der Waals surface area contributed by atoms with Crippen molar-refractivity contribution in [2.45, 2.75) is 11.3 Å². The smallest absolute Gasteiger partial charge is 0.0504 e. The number of hydrogen-bond acceptors (Lipinski definition) is 2. The fraction of sp³-hybridized carbons (Fsp3) is 0.455. The lowest BCUT2D eigenvalue weighted by molar-refractivity contribution is 0.788. The average molecular weight is 272 g/mol. The molecular formula is C11H14BrNS. The van der Waals surface area contributed by atoms with E-state index in [1.54, 1.807) is 0 Å². The van der Waals surface area contributed by atoms with Gasteiger partial charge in [-0.15, -0.1) is 11.8 Å². The molecule has 0 spiro atoms. The van der Waals surface area contributed by atoms with Crippen LogP contribution >= 0.6 is 27.7 Å². The van der Waals surface area contributed by atoms with Crippen LogP contribution in [0.1, 0.15) is 6.42 Å². The van der Waals surface area contributed by atoms with Gasteiger partial charge in [0.05, 0.1) is 5.69 Å². The summed E-state index contributed by atoms with van der Waals surface area (Å²) >= 11 is 5.46. The van der Waals surface area contributed by atoms with Crippen LogP contribution in [0, 0.1) is 0 Å². The number of alkyl halides is 1. The van der Waals surface area contributed by atoms with Crippen LogP contribution < -0.4 is 4.90 Å². The first-order valence-electron chi connectivity index (χ1n) is 4.94. The SMILES string of the molecule is BrCCCN1CCSc2ccccc21. The average Bonchev–Trinajstić information content (AvgIpc) is 2.26. The Kier molecular flexibility index (Phi) is 3.76. The Morgan fingerprint density at radius 2 is 2.21 bits per heavy atom. The minimum absolute atomic E-state index is 1.10. The van der Waals surface area contributed by atoms with Gasteiger partial charge in [0.2, 0.25) is 0 Å². The third-order valence-corrected chi connectivity index (χ3v) is 3.99. The van der Waals surface area contributed by atoms with Gasteiger partial charge in [-0.05, 0) is 18.6 Å². The summed E-state index contributed by atoms with van der Waals surface area (Å²) in [5, 5.41) is 1.10. The molecule has 1 heterocycles. The zero-order valence-electron chi connectivity index (χ0n) is 8.08. The summed E-state index contributed by atoms with van der Waals surface area (Å²) < 4.78 is 0. The molecule has 0 unspecified atom stereocenters. The molecule has 0 N–H and O–H groups in total. The highest BCUT2D eigenvalue weighted by atomic mass is 79.9. The normalized spacial score (nSPS) is 15.4. The molecule has 0 amide bonds. The summed E-state index contributed by atoms with van der Waals surface area (Å²) in [5.41, 5.74) is 1.42. The van der Waals surface area contributed by atoms with Gasteiger partial charge in [0.25, 0.3) is 0 Å². The number of rotatable bonds is 3. The van der Waals surface area contributed by atoms with E-state index in [9.17, 15) is 0 Å². The second-order valence-corrected chi connectivity index (χ2v) is 5.28. The number of anilines is 1. The highest BCUT2D eigenvalue weighted by molar-refractivity contribution is 9.09. The largest absolute Gasteiger partial charge is 0.370 e. The van der Waals surface area contributed by atoms with Crippen molar-refractivity contribution in [3.63, 3.8) is 0 Å². The third-order valence-electron chi connectivity index (χ3n) is 2.39. The lowest BCUT2D eigenvalue weighted by atomic mass is 10.2. The topological polar surface area (TPSA) is 3.24 Å². The molecule has 0 aromatic heterocycles. The molecule has 1 aliphatic rings. The number of halogens is 1. The van der Waals surface area contributed by atoms with Crippen LogP contribution in [0.2, 0.25) is 0 Å². The van der Waals surface area contributed by atoms with Crippen molar-refractivity contribution in [3.8, 4) is 0 Å². The summed E-state index contributed by atoms with van der Waals surface area (Å²) in [5.74, 6) is 1.22. The molecule has 14 heavy (non-hydrogen) atoms. The fourth-order valence-electron chi connectivity index (χ4n) is 1.71. The van der Waals surface area contributed by atoms with Crippen LogP contribution in [0.25, 0.3) is 0 Å². The van der Waals surface area contributed by atoms with Gasteiger partial charge in [-0.1, -0.05) is 28.1 Å². The van der Waals surface area contributed by atoms with E-state index in [4.69, 9.17) is 0 Å². The van der Waals surface area contributed by atoms with E-state index < -0.39 is 0 Å². The number of hydrogen-bond donors (Lipinski definition) is 0. The molecule has 1 aliphatic heterocycles. The quantitative estimate of drug-likeness (QED) is 0.776. The molecule has 0 saturated heterocycles. The van der Waals surface area contributed by atoms with Gasteiger partial charge < -0.3 is 4.90 Å². The Morgan fingerprint density at radius 1 is 1.36 bits per heavy atom. The van der Waals surface area contributed by atoms with E-state index in [2.05, 4.69) is 45.1 Å². The Hall–Kier alpha value is -0.150. The molecular weight excluding hydrogens is 258 g/mol. The standard InChI is InChI=1S/C11H14BrNS/c12-6-3-7-13-8-9-14-11-5-2-1-4-10(11)13/h1-2,4-5H,3,6-9H2. The van der Waals surface area contributed by atoms with Gasteiger partial charge in [-0.25, -0.2) is 0 Å². The molecule has 0 radical (unpaired) electrons. The summed E-state index contributed by atoms with van der Waals surface area (Å²) in [6.07, 6.45) is 1.22. The molecule has 0 atom stereocenters. The number of para-hydroxylation sites is 1. The number of fused-ring (bicyclic) bond motifs is 1. The zero-order chi connectivity index (χ0) is 9.80. The molecule has 1 nitrogen and oxygen atoms in total. The van der Waals surface area contributed by atoms with Crippen molar-refractivity contribution in [1.29, 1.82) is 0 Å². The first kappa shape index (κ1) is 10.4. The number of nitrogens with zero attached hydrogens (tertiary/aromatic N) is 1. The van der Waals surface area contributed by atoms with Crippen LogP contribution in [0.5, 0.6) is 0 Å². The Bertz CT molecular complexity index is 303. The van der Waals surface area contributed by atoms with Gasteiger partial charge in [0, 0.05) is 29.1 Å². The molecule has 0 aliphatic carbocycles. The van der Waals surface area contributed by atoms with Gasteiger partial charge >= 0.3 is 0 Å². The molecule has 3 heteroatoms. The van der Waals surface area contributed by atoms with Gasteiger partial charge in [-0.2, -0.15) is 0 Å². The monoisotopic (exact) mass is 271 g/mol. The van der Waals surface area contributed by atoms with Crippen LogP contribution in [0.3, 0.4) is 0 Å². The van der Waals surface area contributed by atoms with Crippen molar-refractivity contribution in [1.82, 2.24) is 0 Å². The van der Waals surface area contributed by atoms with E-state index in [-0.39, 0.29) is 0 Å². The summed E-state index contributed by atoms with van der Waals surface area (Å²) in [6.45, 7) is 2.36. The lowest BCUT2D eigenvalue weighted by Gasteiger charge is -2.30. The fourth-order valence-corrected chi connectivity index (χ4v) is 3.01. The maximum atomic E-state index is 3.48. The minimum Gasteiger partial charge on any atom is -0.370 e. The highest BCUT2D eigenvalue weighted by Crippen LogP contribution is 2.34. The predicted octanol–water partition coefficient (Wildman–Crippen LogP) is 3.38. The molecule has 2 rings (SSSR count). The van der Waals surface area contributed by atoms with Crippen LogP contribution in [0.15, 0.2) is 29.2 Å². The Balaban J connectivity index is 2.14. The molecule has 0 saturated carbocycles. The maximum Gasteiger partial charge on any atom is 0.0504 e. The Labute approximate surface area is 98.0 Å². The zero-order valence-corrected chi connectivity index (χ0v) is 10.5. The minimum atomic E-state index is 1.10. The van der Waals surface area contributed by atoms with Crippen molar-refractivity contribution in [2.75, 3.05) is 29.1 Å². The maximum absolute atomic E-state index is 3.48. The van der Waals surface area contributed by atoms with Crippen LogP contribution in [-0.2, 0) is 0 Å². The van der Waals surface area contributed by atoms with Crippen molar-refractivity contribution < 1.29 is 0 Å². The molecule has 1 aromatic carbocycles. The lowest BCUT2D eigenvalue weighted by Crippen LogP contribution is -2.30. The van der Waals surface area contributed by atoms with Gasteiger partial charge in [0.15, 0.2) is 0 Å². The molecule has 76 valence electrons. The first-order chi connectivity index (χ1) is 6.92. The molecule has 0 bridgehead atoms. The van der Waals surface area contributed by atoms with Gasteiger partial charge in [-0.3, -0.25) is 0 Å². The third kappa shape index (κ3) is 2.26.